The molecule has 3 rings (SSSR count). The molecular formula is C20H18N2O2. The molecule has 3 aromatic rings. The third-order valence-electron chi connectivity index (χ3n) is 3.75. The Balaban J connectivity index is 1.81. The van der Waals surface area contributed by atoms with Crippen LogP contribution in [0.15, 0.2) is 77.7 Å². The van der Waals surface area contributed by atoms with Crippen molar-refractivity contribution in [2.75, 3.05) is 5.32 Å². The first-order chi connectivity index (χ1) is 11.6. The van der Waals surface area contributed by atoms with Gasteiger partial charge < -0.3 is 9.88 Å². The molecule has 0 saturated carbocycles. The number of amides is 1. The fourth-order valence-corrected chi connectivity index (χ4v) is 2.40. The molecule has 1 amide bonds. The summed E-state index contributed by atoms with van der Waals surface area (Å²) >= 11 is 0. The van der Waals surface area contributed by atoms with Crippen molar-refractivity contribution in [1.29, 1.82) is 0 Å². The van der Waals surface area contributed by atoms with Crippen molar-refractivity contribution >= 4 is 11.6 Å². The summed E-state index contributed by atoms with van der Waals surface area (Å²) in [4.78, 5) is 24.4. The summed E-state index contributed by atoms with van der Waals surface area (Å²) in [5.74, 6) is -0.237. The average molecular weight is 318 g/mol. The Bertz CT molecular complexity index is 897. The molecular weight excluding hydrogens is 300 g/mol. The molecule has 120 valence electrons. The smallest absolute Gasteiger partial charge is 0.257 e. The number of carbonyl (C=O) groups excluding carboxylic acids is 1. The molecule has 24 heavy (non-hydrogen) atoms. The molecule has 0 spiro atoms. The minimum Gasteiger partial charge on any atom is -0.322 e. The van der Waals surface area contributed by atoms with Crippen LogP contribution in [-0.2, 0) is 6.54 Å². The third kappa shape index (κ3) is 3.79. The van der Waals surface area contributed by atoms with Gasteiger partial charge in [0.25, 0.3) is 11.5 Å². The highest BCUT2D eigenvalue weighted by molar-refractivity contribution is 6.04. The van der Waals surface area contributed by atoms with Crippen molar-refractivity contribution in [2.24, 2.45) is 0 Å². The van der Waals surface area contributed by atoms with E-state index in [2.05, 4.69) is 5.32 Å². The van der Waals surface area contributed by atoms with Gasteiger partial charge >= 0.3 is 0 Å². The third-order valence-corrected chi connectivity index (χ3v) is 3.75. The zero-order valence-electron chi connectivity index (χ0n) is 13.4. The first-order valence-electron chi connectivity index (χ1n) is 7.74. The van der Waals surface area contributed by atoms with Crippen LogP contribution in [-0.4, -0.2) is 10.5 Å². The molecule has 1 N–H and O–H groups in total. The Morgan fingerprint density at radius 2 is 1.67 bits per heavy atom. The van der Waals surface area contributed by atoms with Gasteiger partial charge in [-0.1, -0.05) is 48.0 Å². The second-order valence-corrected chi connectivity index (χ2v) is 5.69. The number of anilines is 1. The van der Waals surface area contributed by atoms with Gasteiger partial charge in [0.2, 0.25) is 0 Å². The number of aromatic nitrogens is 1. The van der Waals surface area contributed by atoms with Gasteiger partial charge in [0.1, 0.15) is 0 Å². The molecule has 0 saturated heterocycles. The SMILES string of the molecule is Cc1ccc(Cn2cc(C(=O)Nc3ccccc3)ccc2=O)cc1. The van der Waals surface area contributed by atoms with Gasteiger partial charge in [0.05, 0.1) is 12.1 Å². The lowest BCUT2D eigenvalue weighted by molar-refractivity contribution is 0.102. The van der Waals surface area contributed by atoms with Crippen LogP contribution in [0.1, 0.15) is 21.5 Å². The van der Waals surface area contributed by atoms with Crippen LogP contribution < -0.4 is 10.9 Å². The van der Waals surface area contributed by atoms with Gasteiger partial charge in [-0.05, 0) is 30.7 Å². The van der Waals surface area contributed by atoms with Gasteiger partial charge in [-0.25, -0.2) is 0 Å². The maximum absolute atomic E-state index is 12.3. The van der Waals surface area contributed by atoms with Crippen molar-refractivity contribution in [3.05, 3.63) is 100.0 Å². The zero-order chi connectivity index (χ0) is 16.9. The second kappa shape index (κ2) is 6.96. The van der Waals surface area contributed by atoms with E-state index in [0.717, 1.165) is 11.3 Å². The largest absolute Gasteiger partial charge is 0.322 e. The predicted molar refractivity (Wildman–Crippen MR) is 95.4 cm³/mol. The van der Waals surface area contributed by atoms with Gasteiger partial charge in [-0.15, -0.1) is 0 Å². The Morgan fingerprint density at radius 3 is 2.38 bits per heavy atom. The quantitative estimate of drug-likeness (QED) is 0.801. The number of hydrogen-bond acceptors (Lipinski definition) is 2. The van der Waals surface area contributed by atoms with Crippen molar-refractivity contribution in [3.63, 3.8) is 0 Å². The monoisotopic (exact) mass is 318 g/mol. The highest BCUT2D eigenvalue weighted by Crippen LogP contribution is 2.09. The highest BCUT2D eigenvalue weighted by Gasteiger charge is 2.08. The normalized spacial score (nSPS) is 10.4. The Labute approximate surface area is 140 Å². The van der Waals surface area contributed by atoms with E-state index in [1.165, 1.54) is 11.6 Å². The van der Waals surface area contributed by atoms with Gasteiger partial charge in [0, 0.05) is 18.0 Å². The van der Waals surface area contributed by atoms with E-state index in [1.807, 2.05) is 61.5 Å². The zero-order valence-corrected chi connectivity index (χ0v) is 13.4. The summed E-state index contributed by atoms with van der Waals surface area (Å²) in [5.41, 5.74) is 3.22. The van der Waals surface area contributed by atoms with Gasteiger partial charge in [-0.3, -0.25) is 9.59 Å². The molecule has 1 aromatic heterocycles. The molecule has 0 fully saturated rings. The van der Waals surface area contributed by atoms with Crippen LogP contribution >= 0.6 is 0 Å². The molecule has 0 unspecified atom stereocenters. The van der Waals surface area contributed by atoms with Crippen molar-refractivity contribution in [3.8, 4) is 0 Å². The molecule has 0 aliphatic carbocycles. The summed E-state index contributed by atoms with van der Waals surface area (Å²) in [6.07, 6.45) is 1.60. The number of pyridine rings is 1. The van der Waals surface area contributed by atoms with Crippen LogP contribution in [0, 0.1) is 6.92 Å². The van der Waals surface area contributed by atoms with Crippen LogP contribution in [0.25, 0.3) is 0 Å². The Hall–Kier alpha value is -3.14. The fourth-order valence-electron chi connectivity index (χ4n) is 2.40. The number of nitrogens with zero attached hydrogens (tertiary/aromatic N) is 1. The number of aryl methyl sites for hydroxylation is 1. The number of para-hydroxylation sites is 1. The maximum Gasteiger partial charge on any atom is 0.257 e. The maximum atomic E-state index is 12.3. The molecule has 0 aliphatic heterocycles. The fraction of sp³-hybridized carbons (Fsp3) is 0.100. The Kier molecular flexibility index (Phi) is 4.57. The van der Waals surface area contributed by atoms with E-state index in [9.17, 15) is 9.59 Å². The molecule has 0 radical (unpaired) electrons. The molecule has 1 heterocycles. The first kappa shape index (κ1) is 15.7. The van der Waals surface area contributed by atoms with Gasteiger partial charge in [0.15, 0.2) is 0 Å². The summed E-state index contributed by atoms with van der Waals surface area (Å²) in [6.45, 7) is 2.45. The lowest BCUT2D eigenvalue weighted by atomic mass is 10.1. The molecule has 4 heteroatoms. The van der Waals surface area contributed by atoms with Crippen molar-refractivity contribution in [1.82, 2.24) is 4.57 Å². The minimum atomic E-state index is -0.237. The Morgan fingerprint density at radius 1 is 0.958 bits per heavy atom. The van der Waals surface area contributed by atoms with E-state index in [1.54, 1.807) is 16.8 Å². The van der Waals surface area contributed by atoms with E-state index in [-0.39, 0.29) is 11.5 Å². The van der Waals surface area contributed by atoms with Crippen LogP contribution in [0.5, 0.6) is 0 Å². The summed E-state index contributed by atoms with van der Waals surface area (Å²) in [7, 11) is 0. The topological polar surface area (TPSA) is 51.1 Å². The van der Waals surface area contributed by atoms with E-state index >= 15 is 0 Å². The van der Waals surface area contributed by atoms with Gasteiger partial charge in [-0.2, -0.15) is 0 Å². The number of hydrogen-bond donors (Lipinski definition) is 1. The van der Waals surface area contributed by atoms with Crippen molar-refractivity contribution in [2.45, 2.75) is 13.5 Å². The van der Waals surface area contributed by atoms with Crippen LogP contribution in [0.3, 0.4) is 0 Å². The first-order valence-corrected chi connectivity index (χ1v) is 7.74. The summed E-state index contributed by atoms with van der Waals surface area (Å²) < 4.78 is 1.55. The lowest BCUT2D eigenvalue weighted by Gasteiger charge is -2.09. The van der Waals surface area contributed by atoms with Crippen molar-refractivity contribution < 1.29 is 4.79 Å². The summed E-state index contributed by atoms with van der Waals surface area (Å²) in [6, 6.07) is 20.2. The lowest BCUT2D eigenvalue weighted by Crippen LogP contribution is -2.22. The molecule has 0 aliphatic rings. The standard InChI is InChI=1S/C20H18N2O2/c1-15-7-9-16(10-8-15)13-22-14-17(11-12-19(22)23)20(24)21-18-5-3-2-4-6-18/h2-12,14H,13H2,1H3,(H,21,24). The van der Waals surface area contributed by atoms with E-state index in [0.29, 0.717) is 12.1 Å². The van der Waals surface area contributed by atoms with Crippen LogP contribution in [0.2, 0.25) is 0 Å². The number of nitrogens with one attached hydrogen (secondary N) is 1. The van der Waals surface area contributed by atoms with E-state index < -0.39 is 0 Å². The number of carbonyl (C=O) groups is 1. The predicted octanol–water partition coefficient (Wildman–Crippen LogP) is 3.46. The molecule has 0 bridgehead atoms. The van der Waals surface area contributed by atoms with E-state index in [4.69, 9.17) is 0 Å². The second-order valence-electron chi connectivity index (χ2n) is 5.69. The number of benzene rings is 2. The molecule has 0 atom stereocenters. The number of rotatable bonds is 4. The van der Waals surface area contributed by atoms with Crippen LogP contribution in [0.4, 0.5) is 5.69 Å². The summed E-state index contributed by atoms with van der Waals surface area (Å²) in [5, 5.41) is 2.82. The minimum absolute atomic E-state index is 0.133. The molecule has 4 nitrogen and oxygen atoms in total. The highest BCUT2D eigenvalue weighted by atomic mass is 16.2. The average Bonchev–Trinajstić information content (AvgIpc) is 2.59. The molecule has 2 aromatic carbocycles.